The molecule has 6 heteroatoms. The van der Waals surface area contributed by atoms with E-state index in [1.54, 1.807) is 0 Å². The van der Waals surface area contributed by atoms with Crippen LogP contribution < -0.4 is 5.73 Å². The van der Waals surface area contributed by atoms with Crippen molar-refractivity contribution in [3.63, 3.8) is 0 Å². The molecule has 12 heavy (non-hydrogen) atoms. The van der Waals surface area contributed by atoms with Crippen LogP contribution in [0.1, 0.15) is 16.9 Å². The summed E-state index contributed by atoms with van der Waals surface area (Å²) in [6, 6.07) is 0. The number of halogens is 1. The fourth-order valence-corrected chi connectivity index (χ4v) is 0.793. The number of aromatic nitrogens is 2. The highest BCUT2D eigenvalue weighted by Crippen LogP contribution is 1.96. The second-order valence-corrected chi connectivity index (χ2v) is 2.56. The van der Waals surface area contributed by atoms with Crippen molar-refractivity contribution in [1.29, 1.82) is 0 Å². The molecule has 1 rings (SSSR count). The van der Waals surface area contributed by atoms with Crippen molar-refractivity contribution in [2.24, 2.45) is 5.73 Å². The highest BCUT2D eigenvalue weighted by Gasteiger charge is 2.06. The van der Waals surface area contributed by atoms with E-state index < -0.39 is 0 Å². The van der Waals surface area contributed by atoms with Crippen molar-refractivity contribution >= 4 is 35.4 Å². The quantitative estimate of drug-likeness (QED) is 0.563. The molecule has 1 heterocycles. The Morgan fingerprint density at radius 2 is 2.42 bits per heavy atom. The lowest BCUT2D eigenvalue weighted by Gasteiger charge is -1.93. The number of carbonyl (C=O) groups excluding carboxylic acids is 1. The fraction of sp³-hybridized carbons (Fsp3) is 0.167. The van der Waals surface area contributed by atoms with Gasteiger partial charge < -0.3 is 10.7 Å². The zero-order valence-corrected chi connectivity index (χ0v) is 7.74. The molecular formula is C6H8ClN3OS. The van der Waals surface area contributed by atoms with Gasteiger partial charge in [0.2, 0.25) is 0 Å². The molecule has 1 aromatic heterocycles. The number of nitrogens with zero attached hydrogens (tertiary/aromatic N) is 1. The second-order valence-electron chi connectivity index (χ2n) is 2.03. The van der Waals surface area contributed by atoms with Gasteiger partial charge in [-0.2, -0.15) is 0 Å². The highest BCUT2D eigenvalue weighted by molar-refractivity contribution is 7.80. The number of Topliss-reactive ketones (excluding diaryl/α,β-unsaturated/α-hetero) is 1. The molecule has 4 nitrogen and oxygen atoms in total. The number of imidazole rings is 1. The summed E-state index contributed by atoms with van der Waals surface area (Å²) >= 11 is 4.57. The zero-order valence-electron chi connectivity index (χ0n) is 6.11. The Bertz CT molecular complexity index is 272. The Hall–Kier alpha value is -0.940. The van der Waals surface area contributed by atoms with E-state index in [4.69, 9.17) is 5.73 Å². The van der Waals surface area contributed by atoms with Crippen LogP contribution in [0.5, 0.6) is 0 Å². The average Bonchev–Trinajstić information content (AvgIpc) is 2.35. The molecule has 0 aliphatic carbocycles. The standard InChI is InChI=1S/C6H7N3OS.ClH/c7-6(11)1-5(10)4-2-8-3-9-4;/h2-3H,1H2,(H2,7,11)(H,8,9);1H. The van der Waals surface area contributed by atoms with Gasteiger partial charge in [0.1, 0.15) is 5.69 Å². The minimum atomic E-state index is -0.130. The molecule has 66 valence electrons. The van der Waals surface area contributed by atoms with Crippen molar-refractivity contribution in [2.45, 2.75) is 6.42 Å². The van der Waals surface area contributed by atoms with Crippen LogP contribution in [-0.4, -0.2) is 20.7 Å². The predicted octanol–water partition coefficient (Wildman–Crippen LogP) is 0.690. The molecule has 0 atom stereocenters. The molecule has 0 aromatic carbocycles. The first-order chi connectivity index (χ1) is 5.20. The third-order valence-electron chi connectivity index (χ3n) is 1.13. The first-order valence-electron chi connectivity index (χ1n) is 3.00. The number of ketones is 1. The molecule has 0 saturated heterocycles. The maximum atomic E-state index is 11.1. The lowest BCUT2D eigenvalue weighted by molar-refractivity contribution is 0.0996. The summed E-state index contributed by atoms with van der Waals surface area (Å²) in [4.78, 5) is 17.6. The number of hydrogen-bond donors (Lipinski definition) is 2. The van der Waals surface area contributed by atoms with Crippen LogP contribution in [0, 0.1) is 0 Å². The lowest BCUT2D eigenvalue weighted by Crippen LogP contribution is -2.14. The first-order valence-corrected chi connectivity index (χ1v) is 3.41. The van der Waals surface area contributed by atoms with Gasteiger partial charge in [0.15, 0.2) is 5.78 Å². The van der Waals surface area contributed by atoms with Crippen LogP contribution in [0.4, 0.5) is 0 Å². The Balaban J connectivity index is 0.00000121. The maximum absolute atomic E-state index is 11.1. The Kier molecular flexibility index (Phi) is 4.46. The van der Waals surface area contributed by atoms with Crippen LogP contribution in [-0.2, 0) is 0 Å². The van der Waals surface area contributed by atoms with Gasteiger partial charge in [-0.25, -0.2) is 4.98 Å². The SMILES string of the molecule is Cl.NC(=S)CC(=O)c1cnc[nH]1. The molecular weight excluding hydrogens is 198 g/mol. The summed E-state index contributed by atoms with van der Waals surface area (Å²) in [5, 5.41) is 0. The largest absolute Gasteiger partial charge is 0.393 e. The molecule has 0 radical (unpaired) electrons. The molecule has 0 aliphatic heterocycles. The van der Waals surface area contributed by atoms with Gasteiger partial charge in [0.05, 0.1) is 23.9 Å². The molecule has 0 unspecified atom stereocenters. The van der Waals surface area contributed by atoms with Gasteiger partial charge in [0, 0.05) is 0 Å². The predicted molar refractivity (Wildman–Crippen MR) is 51.6 cm³/mol. The fourth-order valence-electron chi connectivity index (χ4n) is 0.662. The molecule has 3 N–H and O–H groups in total. The Morgan fingerprint density at radius 3 is 2.83 bits per heavy atom. The van der Waals surface area contributed by atoms with Gasteiger partial charge >= 0.3 is 0 Å². The number of nitrogens with one attached hydrogen (secondary N) is 1. The summed E-state index contributed by atoms with van der Waals surface area (Å²) in [6.07, 6.45) is 2.98. The molecule has 0 amide bonds. The van der Waals surface area contributed by atoms with E-state index in [-0.39, 0.29) is 29.6 Å². The number of hydrogen-bond acceptors (Lipinski definition) is 3. The molecule has 0 bridgehead atoms. The molecule has 1 aromatic rings. The summed E-state index contributed by atoms with van der Waals surface area (Å²) in [5.74, 6) is -0.130. The van der Waals surface area contributed by atoms with Gasteiger partial charge in [-0.3, -0.25) is 4.79 Å². The van der Waals surface area contributed by atoms with Crippen LogP contribution in [0.25, 0.3) is 0 Å². The lowest BCUT2D eigenvalue weighted by atomic mass is 10.2. The summed E-state index contributed by atoms with van der Waals surface area (Å²) in [5.41, 5.74) is 5.62. The van der Waals surface area contributed by atoms with Crippen LogP contribution in [0.3, 0.4) is 0 Å². The molecule has 0 aliphatic rings. The topological polar surface area (TPSA) is 71.8 Å². The normalized spacial score (nSPS) is 8.67. The van der Waals surface area contributed by atoms with E-state index in [0.29, 0.717) is 5.69 Å². The number of aromatic amines is 1. The van der Waals surface area contributed by atoms with E-state index in [0.717, 1.165) is 0 Å². The summed E-state index contributed by atoms with van der Waals surface area (Å²) < 4.78 is 0. The second kappa shape index (κ2) is 4.84. The van der Waals surface area contributed by atoms with Crippen molar-refractivity contribution < 1.29 is 4.79 Å². The van der Waals surface area contributed by atoms with Gasteiger partial charge in [-0.05, 0) is 0 Å². The monoisotopic (exact) mass is 205 g/mol. The smallest absolute Gasteiger partial charge is 0.187 e. The highest BCUT2D eigenvalue weighted by atomic mass is 35.5. The average molecular weight is 206 g/mol. The summed E-state index contributed by atoms with van der Waals surface area (Å²) in [6.45, 7) is 0. The third-order valence-corrected chi connectivity index (χ3v) is 1.28. The van der Waals surface area contributed by atoms with E-state index in [1.165, 1.54) is 12.5 Å². The van der Waals surface area contributed by atoms with Crippen molar-refractivity contribution in [2.75, 3.05) is 0 Å². The van der Waals surface area contributed by atoms with E-state index >= 15 is 0 Å². The number of H-pyrrole nitrogens is 1. The number of carbonyl (C=O) groups is 1. The van der Waals surface area contributed by atoms with Gasteiger partial charge in [0.25, 0.3) is 0 Å². The molecule has 0 saturated carbocycles. The van der Waals surface area contributed by atoms with Gasteiger partial charge in [-0.1, -0.05) is 12.2 Å². The zero-order chi connectivity index (χ0) is 8.27. The maximum Gasteiger partial charge on any atom is 0.187 e. The Morgan fingerprint density at radius 1 is 1.75 bits per heavy atom. The number of nitrogens with two attached hydrogens (primary N) is 1. The Labute approximate surface area is 81.0 Å². The number of thiocarbonyl (C=S) groups is 1. The minimum Gasteiger partial charge on any atom is -0.393 e. The van der Waals surface area contributed by atoms with Crippen LogP contribution in [0.2, 0.25) is 0 Å². The van der Waals surface area contributed by atoms with E-state index in [9.17, 15) is 4.79 Å². The van der Waals surface area contributed by atoms with E-state index in [2.05, 4.69) is 22.2 Å². The van der Waals surface area contributed by atoms with Crippen LogP contribution in [0.15, 0.2) is 12.5 Å². The minimum absolute atomic E-state index is 0. The number of rotatable bonds is 3. The molecule has 0 spiro atoms. The molecule has 0 fully saturated rings. The third kappa shape index (κ3) is 2.98. The van der Waals surface area contributed by atoms with Crippen molar-refractivity contribution in [3.8, 4) is 0 Å². The summed E-state index contributed by atoms with van der Waals surface area (Å²) in [7, 11) is 0. The first kappa shape index (κ1) is 11.1. The van der Waals surface area contributed by atoms with E-state index in [1.807, 2.05) is 0 Å². The van der Waals surface area contributed by atoms with Crippen molar-refractivity contribution in [1.82, 2.24) is 9.97 Å². The van der Waals surface area contributed by atoms with Crippen LogP contribution >= 0.6 is 24.6 Å². The van der Waals surface area contributed by atoms with Crippen molar-refractivity contribution in [3.05, 3.63) is 18.2 Å². The van der Waals surface area contributed by atoms with Gasteiger partial charge in [-0.15, -0.1) is 12.4 Å².